The van der Waals surface area contributed by atoms with E-state index in [0.717, 1.165) is 12.0 Å². The largest absolute Gasteiger partial charge is 0.358 e. The van der Waals surface area contributed by atoms with Crippen LogP contribution in [0.25, 0.3) is 0 Å². The van der Waals surface area contributed by atoms with Gasteiger partial charge in [-0.1, -0.05) is 18.2 Å². The quantitative estimate of drug-likeness (QED) is 0.736. The summed E-state index contributed by atoms with van der Waals surface area (Å²) in [4.78, 5) is 22.9. The Morgan fingerprint density at radius 3 is 2.50 bits per heavy atom. The maximum absolute atomic E-state index is 11.9. The first-order valence-corrected chi connectivity index (χ1v) is 7.92. The fourth-order valence-corrected chi connectivity index (χ4v) is 2.78. The molecule has 0 fully saturated rings. The summed E-state index contributed by atoms with van der Waals surface area (Å²) in [5, 5.41) is 8.28. The molecule has 0 bridgehead atoms. The van der Waals surface area contributed by atoms with Crippen molar-refractivity contribution in [1.29, 1.82) is 0 Å². The number of nitrogens with one attached hydrogen (secondary N) is 3. The second-order valence-electron chi connectivity index (χ2n) is 5.80. The van der Waals surface area contributed by atoms with E-state index < -0.39 is 0 Å². The molecule has 0 saturated carbocycles. The van der Waals surface area contributed by atoms with Crippen LogP contribution < -0.4 is 16.0 Å². The van der Waals surface area contributed by atoms with Gasteiger partial charge in [0.05, 0.1) is 19.1 Å². The number of likely N-dealkylation sites (N-methyl/N-ethyl adjacent to an activating group) is 1. The van der Waals surface area contributed by atoms with Crippen LogP contribution in [-0.4, -0.2) is 32.0 Å². The molecule has 0 spiro atoms. The lowest BCUT2D eigenvalue weighted by Gasteiger charge is -2.20. The van der Waals surface area contributed by atoms with Gasteiger partial charge < -0.3 is 10.6 Å². The summed E-state index contributed by atoms with van der Waals surface area (Å²) in [6, 6.07) is 6.49. The smallest absolute Gasteiger partial charge is 0.234 e. The summed E-state index contributed by atoms with van der Waals surface area (Å²) in [7, 11) is 1.57. The van der Waals surface area contributed by atoms with E-state index in [9.17, 15) is 9.59 Å². The highest BCUT2D eigenvalue weighted by molar-refractivity contribution is 5.81. The van der Waals surface area contributed by atoms with Crippen LogP contribution in [-0.2, 0) is 22.4 Å². The molecule has 0 saturated heterocycles. The van der Waals surface area contributed by atoms with E-state index >= 15 is 0 Å². The summed E-state index contributed by atoms with van der Waals surface area (Å²) < 4.78 is 0. The third-order valence-electron chi connectivity index (χ3n) is 4.10. The van der Waals surface area contributed by atoms with Crippen LogP contribution >= 0.6 is 0 Å². The Labute approximate surface area is 131 Å². The molecule has 1 atom stereocenters. The number of amides is 2. The predicted molar refractivity (Wildman–Crippen MR) is 86.6 cm³/mol. The molecule has 1 aromatic rings. The van der Waals surface area contributed by atoms with Gasteiger partial charge in [-0.25, -0.2) is 0 Å². The van der Waals surface area contributed by atoms with Crippen molar-refractivity contribution in [3.63, 3.8) is 0 Å². The first-order valence-electron chi connectivity index (χ1n) is 7.92. The second kappa shape index (κ2) is 7.94. The average molecular weight is 303 g/mol. The molecule has 22 heavy (non-hydrogen) atoms. The molecule has 0 heterocycles. The topological polar surface area (TPSA) is 70.2 Å². The Hall–Kier alpha value is -1.88. The third kappa shape index (κ3) is 4.56. The van der Waals surface area contributed by atoms with Crippen LogP contribution in [0.3, 0.4) is 0 Å². The lowest BCUT2D eigenvalue weighted by atomic mass is 9.89. The number of aryl methyl sites for hydroxylation is 2. The maximum Gasteiger partial charge on any atom is 0.234 e. The Balaban J connectivity index is 1.85. The number of carbonyl (C=O) groups is 2. The van der Waals surface area contributed by atoms with E-state index in [4.69, 9.17) is 0 Å². The zero-order valence-electron chi connectivity index (χ0n) is 13.4. The van der Waals surface area contributed by atoms with Gasteiger partial charge in [-0.3, -0.25) is 14.9 Å². The minimum atomic E-state index is -0.129. The molecule has 0 unspecified atom stereocenters. The van der Waals surface area contributed by atoms with Crippen molar-refractivity contribution >= 4 is 11.8 Å². The Morgan fingerprint density at radius 1 is 1.09 bits per heavy atom. The molecule has 120 valence electrons. The number of carbonyl (C=O) groups excluding carboxylic acids is 2. The zero-order valence-corrected chi connectivity index (χ0v) is 13.4. The highest BCUT2D eigenvalue weighted by atomic mass is 16.2. The van der Waals surface area contributed by atoms with Crippen LogP contribution in [0.15, 0.2) is 18.2 Å². The normalized spacial score (nSPS) is 14.8. The molecule has 0 aromatic heterocycles. The molecule has 3 N–H and O–H groups in total. The van der Waals surface area contributed by atoms with E-state index in [1.165, 1.54) is 30.4 Å². The molecular formula is C17H25N3O2. The Morgan fingerprint density at radius 2 is 1.77 bits per heavy atom. The molecular weight excluding hydrogens is 278 g/mol. The van der Waals surface area contributed by atoms with Crippen molar-refractivity contribution in [1.82, 2.24) is 16.0 Å². The maximum atomic E-state index is 11.9. The standard InChI is InChI=1S/C17H25N3O2/c1-12(20-17(22)11-19-10-16(21)18-2)14-8-7-13-5-3-4-6-15(13)9-14/h7-9,12,19H,3-6,10-11H2,1-2H3,(H,18,21)(H,20,22)/t12-/m0/s1. The second-order valence-corrected chi connectivity index (χ2v) is 5.80. The number of rotatable bonds is 6. The van der Waals surface area contributed by atoms with Crippen LogP contribution in [0.4, 0.5) is 0 Å². The van der Waals surface area contributed by atoms with Gasteiger partial charge >= 0.3 is 0 Å². The van der Waals surface area contributed by atoms with Gasteiger partial charge in [0, 0.05) is 7.05 Å². The molecule has 0 aliphatic heterocycles. The van der Waals surface area contributed by atoms with Gasteiger partial charge in [-0.05, 0) is 49.3 Å². The van der Waals surface area contributed by atoms with E-state index in [1.807, 2.05) is 6.92 Å². The van der Waals surface area contributed by atoms with Crippen LogP contribution in [0, 0.1) is 0 Å². The van der Waals surface area contributed by atoms with Crippen molar-refractivity contribution < 1.29 is 9.59 Å². The van der Waals surface area contributed by atoms with Crippen molar-refractivity contribution in [3.05, 3.63) is 34.9 Å². The summed E-state index contributed by atoms with van der Waals surface area (Å²) in [6.07, 6.45) is 4.83. The SMILES string of the molecule is CNC(=O)CNCC(=O)N[C@@H](C)c1ccc2c(c1)CCCC2. The summed E-state index contributed by atoms with van der Waals surface area (Å²) >= 11 is 0. The molecule has 0 radical (unpaired) electrons. The Kier molecular flexibility index (Phi) is 5.95. The zero-order chi connectivity index (χ0) is 15.9. The van der Waals surface area contributed by atoms with Crippen LogP contribution in [0.2, 0.25) is 0 Å². The summed E-state index contributed by atoms with van der Waals surface area (Å²) in [5.41, 5.74) is 4.00. The third-order valence-corrected chi connectivity index (χ3v) is 4.10. The van der Waals surface area contributed by atoms with Crippen LogP contribution in [0.1, 0.15) is 42.5 Å². The van der Waals surface area contributed by atoms with Gasteiger partial charge in [0.2, 0.25) is 11.8 Å². The van der Waals surface area contributed by atoms with E-state index in [1.54, 1.807) is 7.05 Å². The van der Waals surface area contributed by atoms with Gasteiger partial charge in [0.25, 0.3) is 0 Å². The van der Waals surface area contributed by atoms with Crippen LogP contribution in [0.5, 0.6) is 0 Å². The molecule has 2 amide bonds. The van der Waals surface area contributed by atoms with Crippen molar-refractivity contribution in [3.8, 4) is 0 Å². The average Bonchev–Trinajstić information content (AvgIpc) is 2.54. The molecule has 1 aromatic carbocycles. The number of hydrogen-bond donors (Lipinski definition) is 3. The molecule has 1 aliphatic carbocycles. The Bertz CT molecular complexity index is 543. The van der Waals surface area contributed by atoms with Gasteiger partial charge in [-0.15, -0.1) is 0 Å². The van der Waals surface area contributed by atoms with Gasteiger partial charge in [0.15, 0.2) is 0 Å². The van der Waals surface area contributed by atoms with E-state index in [2.05, 4.69) is 34.1 Å². The number of benzene rings is 1. The fourth-order valence-electron chi connectivity index (χ4n) is 2.78. The molecule has 1 aliphatic rings. The van der Waals surface area contributed by atoms with Crippen molar-refractivity contribution in [2.45, 2.75) is 38.6 Å². The lowest BCUT2D eigenvalue weighted by Crippen LogP contribution is -2.39. The predicted octanol–water partition coefficient (Wildman–Crippen LogP) is 1.08. The highest BCUT2D eigenvalue weighted by Gasteiger charge is 2.14. The van der Waals surface area contributed by atoms with Gasteiger partial charge in [-0.2, -0.15) is 0 Å². The molecule has 5 nitrogen and oxygen atoms in total. The minimum absolute atomic E-state index is 0.0264. The summed E-state index contributed by atoms with van der Waals surface area (Å²) in [5.74, 6) is -0.232. The van der Waals surface area contributed by atoms with E-state index in [-0.39, 0.29) is 30.9 Å². The molecule has 2 rings (SSSR count). The first kappa shape index (κ1) is 16.5. The van der Waals surface area contributed by atoms with E-state index in [0.29, 0.717) is 0 Å². The number of fused-ring (bicyclic) bond motifs is 1. The number of hydrogen-bond acceptors (Lipinski definition) is 3. The van der Waals surface area contributed by atoms with Crippen molar-refractivity contribution in [2.75, 3.05) is 20.1 Å². The fraction of sp³-hybridized carbons (Fsp3) is 0.529. The highest BCUT2D eigenvalue weighted by Crippen LogP contribution is 2.24. The first-order chi connectivity index (χ1) is 10.6. The lowest BCUT2D eigenvalue weighted by molar-refractivity contribution is -0.121. The monoisotopic (exact) mass is 303 g/mol. The van der Waals surface area contributed by atoms with Crippen molar-refractivity contribution in [2.24, 2.45) is 0 Å². The summed E-state index contributed by atoms with van der Waals surface area (Å²) in [6.45, 7) is 2.28. The van der Waals surface area contributed by atoms with Gasteiger partial charge in [0.1, 0.15) is 0 Å². The minimum Gasteiger partial charge on any atom is -0.358 e. The molecule has 5 heteroatoms.